The Morgan fingerprint density at radius 2 is 1.73 bits per heavy atom. The summed E-state index contributed by atoms with van der Waals surface area (Å²) in [5, 5.41) is 0. The smallest absolute Gasteiger partial charge is 0.0948 e. The summed E-state index contributed by atoms with van der Waals surface area (Å²) in [7, 11) is -5.88. The van der Waals surface area contributed by atoms with Gasteiger partial charge in [0.25, 0.3) is 0 Å². The molecule has 0 aromatic rings. The van der Waals surface area contributed by atoms with Crippen molar-refractivity contribution in [3.8, 4) is 0 Å². The minimum absolute atomic E-state index is 0.446. The van der Waals surface area contributed by atoms with E-state index in [2.05, 4.69) is 0 Å². The highest BCUT2D eigenvalue weighted by atomic mass is 32.2. The summed E-state index contributed by atoms with van der Waals surface area (Å²) in [6.07, 6.45) is 0.446. The number of hydrogen-bond donors (Lipinski definition) is 0. The maximum absolute atomic E-state index is 10.7. The molecule has 11 heavy (non-hydrogen) atoms. The third kappa shape index (κ3) is 3.35. The van der Waals surface area contributed by atoms with Gasteiger partial charge in [-0.1, -0.05) is 26.6 Å². The predicted octanol–water partition coefficient (Wildman–Crippen LogP) is 1.19. The van der Waals surface area contributed by atoms with Crippen LogP contribution in [0.1, 0.15) is 13.3 Å². The molecular formula is C6H15O3SSi-. The van der Waals surface area contributed by atoms with Gasteiger partial charge in [-0.15, -0.1) is 0 Å². The molecule has 0 aromatic heterocycles. The van der Waals surface area contributed by atoms with Crippen molar-refractivity contribution in [2.75, 3.05) is 0 Å². The summed E-state index contributed by atoms with van der Waals surface area (Å²) >= 11 is 0. The van der Waals surface area contributed by atoms with Crippen LogP contribution < -0.4 is 0 Å². The van der Waals surface area contributed by atoms with Crippen molar-refractivity contribution in [1.82, 2.24) is 0 Å². The molecule has 3 nitrogen and oxygen atoms in total. The van der Waals surface area contributed by atoms with Crippen LogP contribution in [0.2, 0.25) is 19.6 Å². The van der Waals surface area contributed by atoms with Gasteiger partial charge in [0.15, 0.2) is 0 Å². The van der Waals surface area contributed by atoms with Crippen LogP contribution in [-0.4, -0.2) is 25.9 Å². The van der Waals surface area contributed by atoms with Gasteiger partial charge >= 0.3 is 0 Å². The average molecular weight is 195 g/mol. The molecule has 0 radical (unpaired) electrons. The Morgan fingerprint density at radius 1 is 1.36 bits per heavy atom. The van der Waals surface area contributed by atoms with E-state index in [9.17, 15) is 13.0 Å². The quantitative estimate of drug-likeness (QED) is 0.502. The highest BCUT2D eigenvalue weighted by Gasteiger charge is 2.30. The van der Waals surface area contributed by atoms with Gasteiger partial charge in [-0.25, -0.2) is 8.42 Å². The summed E-state index contributed by atoms with van der Waals surface area (Å²) < 4.78 is 32.1. The molecule has 5 heteroatoms. The van der Waals surface area contributed by atoms with Crippen molar-refractivity contribution in [2.45, 2.75) is 37.9 Å². The monoisotopic (exact) mass is 195 g/mol. The van der Waals surface area contributed by atoms with Crippen LogP contribution in [0.4, 0.5) is 0 Å². The Morgan fingerprint density at radius 3 is 1.73 bits per heavy atom. The fourth-order valence-corrected chi connectivity index (χ4v) is 6.35. The van der Waals surface area contributed by atoms with E-state index in [1.54, 1.807) is 6.92 Å². The highest BCUT2D eigenvalue weighted by molar-refractivity contribution is 7.88. The minimum Gasteiger partial charge on any atom is -0.748 e. The average Bonchev–Trinajstić information content (AvgIpc) is 1.56. The van der Waals surface area contributed by atoms with Crippen LogP contribution in [0.15, 0.2) is 0 Å². The van der Waals surface area contributed by atoms with Gasteiger partial charge in [0.2, 0.25) is 0 Å². The Kier molecular flexibility index (Phi) is 3.28. The molecule has 68 valence electrons. The first-order chi connectivity index (χ1) is 4.69. The Labute approximate surface area is 69.6 Å². The second-order valence-corrected chi connectivity index (χ2v) is 11.2. The molecule has 0 saturated carbocycles. The topological polar surface area (TPSA) is 57.2 Å². The van der Waals surface area contributed by atoms with Crippen molar-refractivity contribution < 1.29 is 13.0 Å². The molecule has 0 spiro atoms. The molecular weight excluding hydrogens is 180 g/mol. The summed E-state index contributed by atoms with van der Waals surface area (Å²) in [6.45, 7) is 7.45. The lowest BCUT2D eigenvalue weighted by molar-refractivity contribution is 0.456. The third-order valence-electron chi connectivity index (χ3n) is 1.69. The van der Waals surface area contributed by atoms with E-state index >= 15 is 0 Å². The van der Waals surface area contributed by atoms with Crippen LogP contribution in [0.3, 0.4) is 0 Å². The molecule has 1 unspecified atom stereocenters. The summed E-state index contributed by atoms with van der Waals surface area (Å²) in [4.78, 5) is -0.630. The first-order valence-electron chi connectivity index (χ1n) is 3.64. The molecule has 1 atom stereocenters. The van der Waals surface area contributed by atoms with E-state index in [0.29, 0.717) is 6.42 Å². The Bertz CT molecular complexity index is 214. The van der Waals surface area contributed by atoms with E-state index < -0.39 is 23.1 Å². The SMILES string of the molecule is CCC([Si](C)(C)C)S(=O)(=O)[O-]. The molecule has 0 amide bonds. The van der Waals surface area contributed by atoms with Crippen molar-refractivity contribution in [3.05, 3.63) is 0 Å². The third-order valence-corrected chi connectivity index (χ3v) is 8.04. The number of rotatable bonds is 3. The molecule has 0 saturated heterocycles. The van der Waals surface area contributed by atoms with Gasteiger partial charge < -0.3 is 4.55 Å². The molecule has 0 aliphatic carbocycles. The van der Waals surface area contributed by atoms with E-state index in [-0.39, 0.29) is 0 Å². The Hall–Kier alpha value is 0.127. The fourth-order valence-electron chi connectivity index (χ4n) is 1.25. The van der Waals surface area contributed by atoms with Gasteiger partial charge in [0.1, 0.15) is 0 Å². The van der Waals surface area contributed by atoms with Crippen LogP contribution in [0.5, 0.6) is 0 Å². The maximum Gasteiger partial charge on any atom is 0.0948 e. The molecule has 0 fully saturated rings. The predicted molar refractivity (Wildman–Crippen MR) is 47.1 cm³/mol. The van der Waals surface area contributed by atoms with Crippen LogP contribution in [0, 0.1) is 0 Å². The molecule has 0 bridgehead atoms. The van der Waals surface area contributed by atoms with Crippen LogP contribution in [0.25, 0.3) is 0 Å². The van der Waals surface area contributed by atoms with Gasteiger partial charge in [-0.3, -0.25) is 0 Å². The van der Waals surface area contributed by atoms with Crippen LogP contribution >= 0.6 is 0 Å². The molecule has 0 rings (SSSR count). The van der Waals surface area contributed by atoms with Crippen molar-refractivity contribution in [1.29, 1.82) is 0 Å². The standard InChI is InChI=1S/C6H16O3SSi/c1-5-6(10(7,8)9)11(2,3)4/h6H,5H2,1-4H3,(H,7,8,9)/p-1. The van der Waals surface area contributed by atoms with E-state index in [1.165, 1.54) is 0 Å². The van der Waals surface area contributed by atoms with Crippen molar-refractivity contribution in [3.63, 3.8) is 0 Å². The lowest BCUT2D eigenvalue weighted by Gasteiger charge is -2.29. The normalized spacial score (nSPS) is 16.5. The zero-order chi connectivity index (χ0) is 9.28. The van der Waals surface area contributed by atoms with Gasteiger partial charge in [0, 0.05) is 4.87 Å². The maximum atomic E-state index is 10.7. The van der Waals surface area contributed by atoms with Gasteiger partial charge in [0.05, 0.1) is 18.2 Å². The van der Waals surface area contributed by atoms with Crippen molar-refractivity contribution >= 4 is 18.2 Å². The van der Waals surface area contributed by atoms with Gasteiger partial charge in [-0.2, -0.15) is 0 Å². The molecule has 0 aliphatic rings. The van der Waals surface area contributed by atoms with Crippen molar-refractivity contribution in [2.24, 2.45) is 0 Å². The first-order valence-corrected chi connectivity index (χ1v) is 8.69. The zero-order valence-corrected chi connectivity index (χ0v) is 9.23. The molecule has 0 N–H and O–H groups in total. The zero-order valence-electron chi connectivity index (χ0n) is 7.42. The van der Waals surface area contributed by atoms with E-state index in [0.717, 1.165) is 0 Å². The second-order valence-electron chi connectivity index (χ2n) is 3.76. The lowest BCUT2D eigenvalue weighted by Crippen LogP contribution is -2.43. The van der Waals surface area contributed by atoms with E-state index in [1.807, 2.05) is 19.6 Å². The molecule has 0 aliphatic heterocycles. The summed E-state index contributed by atoms with van der Waals surface area (Å²) in [5.41, 5.74) is 0. The highest BCUT2D eigenvalue weighted by Crippen LogP contribution is 2.17. The molecule has 0 heterocycles. The molecule has 0 aromatic carbocycles. The summed E-state index contributed by atoms with van der Waals surface area (Å²) in [6, 6.07) is 0. The first kappa shape index (κ1) is 11.1. The second kappa shape index (κ2) is 3.24. The van der Waals surface area contributed by atoms with Gasteiger partial charge in [-0.05, 0) is 6.42 Å². The number of hydrogen-bond acceptors (Lipinski definition) is 3. The largest absolute Gasteiger partial charge is 0.748 e. The van der Waals surface area contributed by atoms with E-state index in [4.69, 9.17) is 0 Å². The minimum atomic E-state index is -4.06. The summed E-state index contributed by atoms with van der Waals surface area (Å²) in [5.74, 6) is 0. The fraction of sp³-hybridized carbons (Fsp3) is 1.00. The van der Waals surface area contributed by atoms with Crippen LogP contribution in [-0.2, 0) is 10.1 Å². The lowest BCUT2D eigenvalue weighted by atomic mass is 10.6. The Balaban J connectivity index is 4.72.